The molecule has 0 bridgehead atoms. The smallest absolute Gasteiger partial charge is 0.312 e. The van der Waals surface area contributed by atoms with Crippen LogP contribution in [-0.4, -0.2) is 31.3 Å². The van der Waals surface area contributed by atoms with Crippen molar-refractivity contribution >= 4 is 12.6 Å². The van der Waals surface area contributed by atoms with Crippen molar-refractivity contribution in [3.63, 3.8) is 0 Å². The Kier molecular flexibility index (Phi) is 8.03. The van der Waals surface area contributed by atoms with Gasteiger partial charge in [0.2, 0.25) is 5.76 Å². The third-order valence-corrected chi connectivity index (χ3v) is 4.53. The zero-order valence-corrected chi connectivity index (χ0v) is 16.8. The first kappa shape index (κ1) is 22.2. The van der Waals surface area contributed by atoms with Crippen molar-refractivity contribution in [1.82, 2.24) is 10.2 Å². The van der Waals surface area contributed by atoms with Gasteiger partial charge in [-0.25, -0.2) is 13.8 Å². The molecule has 0 saturated heterocycles. The molecule has 0 fully saturated rings. The third kappa shape index (κ3) is 6.50. The predicted octanol–water partition coefficient (Wildman–Crippen LogP) is 3.85. The van der Waals surface area contributed by atoms with Gasteiger partial charge in [0.25, 0.3) is 0 Å². The highest BCUT2D eigenvalue weighted by atomic mass is 19.1. The van der Waals surface area contributed by atoms with E-state index in [1.165, 1.54) is 36.6 Å². The molecule has 0 radical (unpaired) electrons. The highest BCUT2D eigenvalue weighted by Gasteiger charge is 2.12. The first-order valence-corrected chi connectivity index (χ1v) is 9.05. The van der Waals surface area contributed by atoms with Crippen molar-refractivity contribution in [3.05, 3.63) is 82.2 Å². The van der Waals surface area contributed by atoms with Gasteiger partial charge in [0.15, 0.2) is 0 Å². The van der Waals surface area contributed by atoms with Gasteiger partial charge in [0.1, 0.15) is 11.6 Å². The maximum Gasteiger partial charge on any atom is 0.312 e. The highest BCUT2D eigenvalue weighted by molar-refractivity contribution is 5.94. The molecular weight excluding hydrogens is 376 g/mol. The summed E-state index contributed by atoms with van der Waals surface area (Å²) < 4.78 is 32.2. The maximum absolute atomic E-state index is 13.6. The van der Waals surface area contributed by atoms with E-state index >= 15 is 0 Å². The SMILES string of the molecule is C=NC(=O)/C(=C\N(CNCc1cccc(C)c1C)Cc1cc(F)cc(F)c1)OC. The summed E-state index contributed by atoms with van der Waals surface area (Å²) in [5.41, 5.74) is 3.95. The lowest BCUT2D eigenvalue weighted by Crippen LogP contribution is -2.31. The maximum atomic E-state index is 13.6. The molecule has 1 N–H and O–H groups in total. The molecule has 2 rings (SSSR count). The zero-order chi connectivity index (χ0) is 21.4. The van der Waals surface area contributed by atoms with E-state index < -0.39 is 17.5 Å². The topological polar surface area (TPSA) is 53.9 Å². The molecule has 0 saturated carbocycles. The van der Waals surface area contributed by atoms with Gasteiger partial charge in [-0.05, 0) is 55.0 Å². The number of hydrogen-bond donors (Lipinski definition) is 1. The van der Waals surface area contributed by atoms with Crippen molar-refractivity contribution in [2.24, 2.45) is 4.99 Å². The van der Waals surface area contributed by atoms with Gasteiger partial charge in [0.05, 0.1) is 13.8 Å². The first-order chi connectivity index (χ1) is 13.8. The largest absolute Gasteiger partial charge is 0.490 e. The standard InChI is InChI=1S/C22H25F2N3O2/c1-15-6-5-7-18(16(15)2)11-26-14-27(13-21(29-4)22(28)25-3)12-17-8-19(23)10-20(24)9-17/h5-10,13,26H,3,11-12,14H2,1-2,4H3/b21-13+. The minimum absolute atomic E-state index is 0.0228. The monoisotopic (exact) mass is 401 g/mol. The summed E-state index contributed by atoms with van der Waals surface area (Å²) in [6.07, 6.45) is 1.45. The van der Waals surface area contributed by atoms with Crippen LogP contribution in [0.4, 0.5) is 8.78 Å². The molecule has 0 spiro atoms. The molecule has 1 amide bonds. The van der Waals surface area contributed by atoms with Crippen LogP contribution in [0, 0.1) is 25.5 Å². The van der Waals surface area contributed by atoms with Crippen molar-refractivity contribution in [2.45, 2.75) is 26.9 Å². The molecule has 7 heteroatoms. The number of halogens is 2. The minimum Gasteiger partial charge on any atom is -0.490 e. The molecule has 0 aromatic heterocycles. The zero-order valence-electron chi connectivity index (χ0n) is 16.8. The van der Waals surface area contributed by atoms with E-state index in [0.29, 0.717) is 18.8 Å². The van der Waals surface area contributed by atoms with Crippen LogP contribution in [0.2, 0.25) is 0 Å². The van der Waals surface area contributed by atoms with Crippen molar-refractivity contribution in [3.8, 4) is 0 Å². The number of hydrogen-bond acceptors (Lipinski definition) is 4. The Balaban J connectivity index is 2.19. The van der Waals surface area contributed by atoms with Gasteiger partial charge < -0.3 is 9.64 Å². The van der Waals surface area contributed by atoms with Crippen molar-refractivity contribution < 1.29 is 18.3 Å². The molecule has 154 valence electrons. The summed E-state index contributed by atoms with van der Waals surface area (Å²) in [7, 11) is 1.35. The van der Waals surface area contributed by atoms with Crippen LogP contribution in [0.25, 0.3) is 0 Å². The van der Waals surface area contributed by atoms with Crippen LogP contribution in [0.3, 0.4) is 0 Å². The number of rotatable bonds is 9. The number of aliphatic imine (C=N–C) groups is 1. The Labute approximate surface area is 169 Å². The number of methoxy groups -OCH3 is 1. The van der Waals surface area contributed by atoms with Gasteiger partial charge in [-0.1, -0.05) is 18.2 Å². The van der Waals surface area contributed by atoms with Crippen LogP contribution in [0.1, 0.15) is 22.3 Å². The number of ether oxygens (including phenoxy) is 1. The number of aryl methyl sites for hydroxylation is 1. The predicted molar refractivity (Wildman–Crippen MR) is 109 cm³/mol. The summed E-state index contributed by atoms with van der Waals surface area (Å²) in [4.78, 5) is 16.9. The van der Waals surface area contributed by atoms with Crippen LogP contribution in [-0.2, 0) is 22.6 Å². The summed E-state index contributed by atoms with van der Waals surface area (Å²) in [5, 5.41) is 3.29. The van der Waals surface area contributed by atoms with Gasteiger partial charge in [-0.15, -0.1) is 0 Å². The molecule has 2 aromatic rings. The molecule has 29 heavy (non-hydrogen) atoms. The molecule has 0 aliphatic carbocycles. The summed E-state index contributed by atoms with van der Waals surface area (Å²) in [6, 6.07) is 9.37. The van der Waals surface area contributed by atoms with E-state index in [1.807, 2.05) is 25.1 Å². The molecule has 0 atom stereocenters. The Hall–Kier alpha value is -3.06. The molecule has 0 aliphatic heterocycles. The second-order valence-corrected chi connectivity index (χ2v) is 6.63. The third-order valence-electron chi connectivity index (χ3n) is 4.53. The molecular formula is C22H25F2N3O2. The lowest BCUT2D eigenvalue weighted by Gasteiger charge is -2.22. The highest BCUT2D eigenvalue weighted by Crippen LogP contribution is 2.14. The van der Waals surface area contributed by atoms with Crippen molar-refractivity contribution in [2.75, 3.05) is 13.8 Å². The van der Waals surface area contributed by atoms with E-state index in [1.54, 1.807) is 4.90 Å². The Morgan fingerprint density at radius 1 is 1.24 bits per heavy atom. The van der Waals surface area contributed by atoms with E-state index in [0.717, 1.165) is 11.6 Å². The normalized spacial score (nSPS) is 11.3. The average Bonchev–Trinajstić information content (AvgIpc) is 2.67. The van der Waals surface area contributed by atoms with Crippen LogP contribution in [0.15, 0.2) is 53.3 Å². The molecule has 5 nitrogen and oxygen atoms in total. The second kappa shape index (κ2) is 10.5. The minimum atomic E-state index is -0.664. The van der Waals surface area contributed by atoms with Crippen LogP contribution >= 0.6 is 0 Å². The quantitative estimate of drug-likeness (QED) is 0.300. The van der Waals surface area contributed by atoms with Gasteiger partial charge >= 0.3 is 5.91 Å². The fraction of sp³-hybridized carbons (Fsp3) is 0.273. The van der Waals surface area contributed by atoms with Gasteiger partial charge in [-0.2, -0.15) is 0 Å². The molecule has 0 aliphatic rings. The van der Waals surface area contributed by atoms with E-state index in [9.17, 15) is 13.6 Å². The number of carbonyl (C=O) groups excluding carboxylic acids is 1. The average molecular weight is 401 g/mol. The lowest BCUT2D eigenvalue weighted by molar-refractivity contribution is -0.117. The Morgan fingerprint density at radius 3 is 2.55 bits per heavy atom. The number of carbonyl (C=O) groups is 1. The number of amides is 1. The summed E-state index contributed by atoms with van der Waals surface area (Å²) in [6.45, 7) is 8.36. The van der Waals surface area contributed by atoms with E-state index in [4.69, 9.17) is 4.74 Å². The molecule has 2 aromatic carbocycles. The van der Waals surface area contributed by atoms with Crippen LogP contribution < -0.4 is 5.32 Å². The second-order valence-electron chi connectivity index (χ2n) is 6.63. The summed E-state index contributed by atoms with van der Waals surface area (Å²) in [5.74, 6) is -1.98. The van der Waals surface area contributed by atoms with E-state index in [-0.39, 0.29) is 12.3 Å². The number of benzene rings is 2. The lowest BCUT2D eigenvalue weighted by atomic mass is 10.0. The Morgan fingerprint density at radius 2 is 1.93 bits per heavy atom. The van der Waals surface area contributed by atoms with Crippen molar-refractivity contribution in [1.29, 1.82) is 0 Å². The number of nitrogens with one attached hydrogen (secondary N) is 1. The van der Waals surface area contributed by atoms with E-state index in [2.05, 4.69) is 24.0 Å². The number of nitrogens with zero attached hydrogens (tertiary/aromatic N) is 2. The fourth-order valence-corrected chi connectivity index (χ4v) is 2.86. The molecule has 0 unspecified atom stereocenters. The van der Waals surface area contributed by atoms with Gasteiger partial charge in [0, 0.05) is 25.4 Å². The fourth-order valence-electron chi connectivity index (χ4n) is 2.86. The molecule has 0 heterocycles. The summed E-state index contributed by atoms with van der Waals surface area (Å²) >= 11 is 0. The van der Waals surface area contributed by atoms with Gasteiger partial charge in [-0.3, -0.25) is 10.1 Å². The Bertz CT molecular complexity index is 893. The first-order valence-electron chi connectivity index (χ1n) is 9.05. The van der Waals surface area contributed by atoms with Crippen LogP contribution in [0.5, 0.6) is 0 Å².